The van der Waals surface area contributed by atoms with Gasteiger partial charge in [-0.25, -0.2) is 4.39 Å². The third-order valence-electron chi connectivity index (χ3n) is 1.12. The molecule has 2 unspecified atom stereocenters. The number of hydrogen-bond donors (Lipinski definition) is 0. The lowest BCUT2D eigenvalue weighted by Gasteiger charge is -2.09. The fourth-order valence-corrected chi connectivity index (χ4v) is 1.81. The molecule has 0 heterocycles. The molecular formula is C7H15FS. The van der Waals surface area contributed by atoms with E-state index in [0.717, 1.165) is 12.8 Å². The lowest BCUT2D eigenvalue weighted by Crippen LogP contribution is -1.99. The molecule has 0 nitrogen and oxygen atoms in total. The van der Waals surface area contributed by atoms with E-state index in [1.54, 1.807) is 6.92 Å². The molecule has 0 rings (SSSR count). The average Bonchev–Trinajstić information content (AvgIpc) is 1.63. The first-order chi connectivity index (χ1) is 4.16. The van der Waals surface area contributed by atoms with E-state index in [1.165, 1.54) is 11.8 Å². The molecule has 0 fully saturated rings. The number of alkyl halides is 1. The van der Waals surface area contributed by atoms with Crippen LogP contribution in [0.5, 0.6) is 0 Å². The van der Waals surface area contributed by atoms with Crippen LogP contribution in [0.1, 0.15) is 33.6 Å². The maximum absolute atomic E-state index is 12.2. The number of thioether (sulfide) groups is 1. The third kappa shape index (κ3) is 6.16. The zero-order chi connectivity index (χ0) is 7.28. The highest BCUT2D eigenvalue weighted by atomic mass is 32.2. The van der Waals surface area contributed by atoms with Crippen LogP contribution in [0.25, 0.3) is 0 Å². The van der Waals surface area contributed by atoms with Crippen molar-refractivity contribution in [2.24, 2.45) is 0 Å². The molecule has 0 radical (unpaired) electrons. The molecule has 0 spiro atoms. The summed E-state index contributed by atoms with van der Waals surface area (Å²) in [6.07, 6.45) is 2.28. The third-order valence-corrected chi connectivity index (χ3v) is 2.19. The Morgan fingerprint density at radius 2 is 2.00 bits per heavy atom. The van der Waals surface area contributed by atoms with Crippen LogP contribution in [-0.4, -0.2) is 10.8 Å². The van der Waals surface area contributed by atoms with E-state index >= 15 is 0 Å². The van der Waals surface area contributed by atoms with Gasteiger partial charge < -0.3 is 0 Å². The minimum Gasteiger partial charge on any atom is -0.236 e. The van der Waals surface area contributed by atoms with Gasteiger partial charge in [0.1, 0.15) is 5.50 Å². The molecular weight excluding hydrogens is 135 g/mol. The summed E-state index contributed by atoms with van der Waals surface area (Å²) in [7, 11) is 0. The Hall–Kier alpha value is 0.280. The van der Waals surface area contributed by atoms with Gasteiger partial charge >= 0.3 is 0 Å². The molecule has 0 aromatic rings. The molecule has 0 saturated heterocycles. The van der Waals surface area contributed by atoms with Crippen LogP contribution in [0.3, 0.4) is 0 Å². The van der Waals surface area contributed by atoms with Gasteiger partial charge in [-0.2, -0.15) is 0 Å². The first-order valence-corrected chi connectivity index (χ1v) is 4.40. The van der Waals surface area contributed by atoms with E-state index in [4.69, 9.17) is 0 Å². The van der Waals surface area contributed by atoms with Crippen molar-refractivity contribution < 1.29 is 4.39 Å². The average molecular weight is 150 g/mol. The molecule has 0 bridgehead atoms. The predicted molar refractivity (Wildman–Crippen MR) is 42.5 cm³/mol. The fourth-order valence-electron chi connectivity index (χ4n) is 0.795. The van der Waals surface area contributed by atoms with Crippen molar-refractivity contribution in [2.45, 2.75) is 44.4 Å². The van der Waals surface area contributed by atoms with Gasteiger partial charge in [-0.05, 0) is 13.3 Å². The largest absolute Gasteiger partial charge is 0.236 e. The summed E-state index contributed by atoms with van der Waals surface area (Å²) in [6.45, 7) is 5.79. The maximum atomic E-state index is 12.2. The standard InChI is InChI=1S/C7H15FS/c1-4-5-6(2)9-7(3)8/h6-7H,4-5H2,1-3H3. The molecule has 0 amide bonds. The van der Waals surface area contributed by atoms with Gasteiger partial charge in [0, 0.05) is 5.25 Å². The zero-order valence-electron chi connectivity index (χ0n) is 6.36. The van der Waals surface area contributed by atoms with E-state index in [1.807, 2.05) is 0 Å². The molecule has 0 aliphatic rings. The summed E-state index contributed by atoms with van der Waals surface area (Å²) >= 11 is 1.41. The van der Waals surface area contributed by atoms with Crippen molar-refractivity contribution in [3.8, 4) is 0 Å². The monoisotopic (exact) mass is 150 g/mol. The van der Waals surface area contributed by atoms with E-state index in [2.05, 4.69) is 13.8 Å². The highest BCUT2D eigenvalue weighted by Gasteiger charge is 2.05. The van der Waals surface area contributed by atoms with E-state index in [0.29, 0.717) is 5.25 Å². The Bertz CT molecular complexity index is 63.9. The van der Waals surface area contributed by atoms with Gasteiger partial charge in [-0.1, -0.05) is 20.3 Å². The molecule has 0 aliphatic carbocycles. The number of halogens is 1. The van der Waals surface area contributed by atoms with Gasteiger partial charge in [-0.3, -0.25) is 0 Å². The quantitative estimate of drug-likeness (QED) is 0.593. The zero-order valence-corrected chi connectivity index (χ0v) is 7.17. The topological polar surface area (TPSA) is 0 Å². The van der Waals surface area contributed by atoms with Crippen LogP contribution in [0.15, 0.2) is 0 Å². The van der Waals surface area contributed by atoms with Crippen molar-refractivity contribution in [3.63, 3.8) is 0 Å². The summed E-state index contributed by atoms with van der Waals surface area (Å²) in [6, 6.07) is 0. The van der Waals surface area contributed by atoms with Crippen LogP contribution in [0, 0.1) is 0 Å². The van der Waals surface area contributed by atoms with Crippen LogP contribution >= 0.6 is 11.8 Å². The lowest BCUT2D eigenvalue weighted by molar-refractivity contribution is 0.481. The summed E-state index contributed by atoms with van der Waals surface area (Å²) in [5, 5.41) is 0.481. The van der Waals surface area contributed by atoms with Gasteiger partial charge in [-0.15, -0.1) is 11.8 Å². The Kier molecular flexibility index (Phi) is 5.25. The number of hydrogen-bond acceptors (Lipinski definition) is 1. The molecule has 9 heavy (non-hydrogen) atoms. The van der Waals surface area contributed by atoms with Crippen LogP contribution < -0.4 is 0 Å². The first-order valence-electron chi connectivity index (χ1n) is 3.46. The Morgan fingerprint density at radius 3 is 2.33 bits per heavy atom. The van der Waals surface area contributed by atoms with Crippen molar-refractivity contribution in [1.82, 2.24) is 0 Å². The molecule has 2 atom stereocenters. The Morgan fingerprint density at radius 1 is 1.44 bits per heavy atom. The highest BCUT2D eigenvalue weighted by molar-refractivity contribution is 8.00. The number of rotatable bonds is 4. The van der Waals surface area contributed by atoms with Crippen molar-refractivity contribution in [3.05, 3.63) is 0 Å². The molecule has 0 aromatic heterocycles. The normalized spacial score (nSPS) is 17.3. The molecule has 0 saturated carbocycles. The minimum absolute atomic E-state index is 0.481. The minimum atomic E-state index is -0.702. The summed E-state index contributed by atoms with van der Waals surface area (Å²) < 4.78 is 12.2. The first kappa shape index (κ1) is 9.28. The van der Waals surface area contributed by atoms with Crippen molar-refractivity contribution >= 4 is 11.8 Å². The summed E-state index contributed by atoms with van der Waals surface area (Å²) in [5.41, 5.74) is -0.702. The molecule has 0 N–H and O–H groups in total. The van der Waals surface area contributed by atoms with Crippen LogP contribution in [0.2, 0.25) is 0 Å². The molecule has 56 valence electrons. The smallest absolute Gasteiger partial charge is 0.143 e. The van der Waals surface area contributed by atoms with Crippen molar-refractivity contribution in [2.75, 3.05) is 0 Å². The Balaban J connectivity index is 3.15. The van der Waals surface area contributed by atoms with Crippen LogP contribution in [0.4, 0.5) is 4.39 Å². The van der Waals surface area contributed by atoms with Gasteiger partial charge in [0.05, 0.1) is 0 Å². The highest BCUT2D eigenvalue weighted by Crippen LogP contribution is 2.21. The van der Waals surface area contributed by atoms with Gasteiger partial charge in [0.2, 0.25) is 0 Å². The van der Waals surface area contributed by atoms with E-state index in [9.17, 15) is 4.39 Å². The predicted octanol–water partition coefficient (Wildman–Crippen LogP) is 3.22. The molecule has 0 aromatic carbocycles. The van der Waals surface area contributed by atoms with E-state index in [-0.39, 0.29) is 0 Å². The second-order valence-electron chi connectivity index (χ2n) is 2.28. The van der Waals surface area contributed by atoms with Crippen LogP contribution in [-0.2, 0) is 0 Å². The second-order valence-corrected chi connectivity index (χ2v) is 4.00. The summed E-state index contributed by atoms with van der Waals surface area (Å²) in [4.78, 5) is 0. The van der Waals surface area contributed by atoms with E-state index < -0.39 is 5.50 Å². The SMILES string of the molecule is CCCC(C)SC(C)F. The molecule has 0 aliphatic heterocycles. The Labute approximate surface area is 61.2 Å². The fraction of sp³-hybridized carbons (Fsp3) is 1.00. The second kappa shape index (κ2) is 5.10. The summed E-state index contributed by atoms with van der Waals surface area (Å²) in [5.74, 6) is 0. The molecule has 2 heteroatoms. The maximum Gasteiger partial charge on any atom is 0.143 e. The van der Waals surface area contributed by atoms with Gasteiger partial charge in [0.15, 0.2) is 0 Å². The van der Waals surface area contributed by atoms with Crippen molar-refractivity contribution in [1.29, 1.82) is 0 Å². The van der Waals surface area contributed by atoms with Gasteiger partial charge in [0.25, 0.3) is 0 Å². The lowest BCUT2D eigenvalue weighted by atomic mass is 10.3.